The third-order valence-electron chi connectivity index (χ3n) is 2.68. The molecule has 0 fully saturated rings. The first-order chi connectivity index (χ1) is 6.24. The van der Waals surface area contributed by atoms with Gasteiger partial charge in [0.25, 0.3) is 0 Å². The molecule has 0 spiro atoms. The topological polar surface area (TPSA) is 0 Å². The lowest BCUT2D eigenvalue weighted by Crippen LogP contribution is -3.00. The van der Waals surface area contributed by atoms with Crippen LogP contribution in [0.25, 0.3) is 0 Å². The van der Waals surface area contributed by atoms with Crippen LogP contribution in [0.2, 0.25) is 0 Å². The molecule has 2 nitrogen and oxygen atoms in total. The van der Waals surface area contributed by atoms with E-state index in [1.165, 1.54) is 30.7 Å². The molecule has 16 heavy (non-hydrogen) atoms. The van der Waals surface area contributed by atoms with Gasteiger partial charge in [0.2, 0.25) is 0 Å². The molecule has 104 valence electrons. The van der Waals surface area contributed by atoms with Gasteiger partial charge in [0.05, 0.1) is 54.4 Å². The van der Waals surface area contributed by atoms with E-state index in [-0.39, 0.29) is 24.8 Å². The van der Waals surface area contributed by atoms with Gasteiger partial charge in [0.15, 0.2) is 0 Å². The number of halogens is 2. The summed E-state index contributed by atoms with van der Waals surface area (Å²) in [6.07, 6.45) is 0. The van der Waals surface area contributed by atoms with Crippen molar-refractivity contribution < 1.29 is 33.8 Å². The van der Waals surface area contributed by atoms with Crippen LogP contribution in [-0.4, -0.2) is 63.3 Å². The van der Waals surface area contributed by atoms with Gasteiger partial charge in [-0.3, -0.25) is 0 Å². The molecule has 0 heterocycles. The molecular weight excluding hydrogens is 243 g/mol. The molecule has 0 unspecified atom stereocenters. The van der Waals surface area contributed by atoms with E-state index in [2.05, 4.69) is 55.9 Å². The van der Waals surface area contributed by atoms with Crippen molar-refractivity contribution >= 4 is 0 Å². The molecule has 4 heteroatoms. The van der Waals surface area contributed by atoms with Gasteiger partial charge in [0.1, 0.15) is 0 Å². The lowest BCUT2D eigenvalue weighted by Gasteiger charge is -2.34. The van der Waals surface area contributed by atoms with Crippen LogP contribution in [0.1, 0.15) is 27.7 Å². The predicted molar refractivity (Wildman–Crippen MR) is 66.4 cm³/mol. The monoisotopic (exact) mass is 274 g/mol. The standard InChI is InChI=1S/C8H20N.C4H12N.2ClH/c1-5-9(6-2,7-3)8-4;1-5(2,3)4;;/h5-8H2,1-4H3;1-4H3;2*1H/q2*+1;;/p-2. The van der Waals surface area contributed by atoms with Gasteiger partial charge in [-0.05, 0) is 27.7 Å². The van der Waals surface area contributed by atoms with Crippen LogP contribution in [0, 0.1) is 0 Å². The number of quaternary nitrogens is 2. The quantitative estimate of drug-likeness (QED) is 0.462. The number of hydrogen-bond donors (Lipinski definition) is 0. The summed E-state index contributed by atoms with van der Waals surface area (Å²) in [5.41, 5.74) is 0. The van der Waals surface area contributed by atoms with Crippen molar-refractivity contribution in [3.8, 4) is 0 Å². The van der Waals surface area contributed by atoms with Crippen molar-refractivity contribution in [1.29, 1.82) is 0 Å². The molecule has 0 saturated carbocycles. The maximum absolute atomic E-state index is 2.27. The molecule has 0 aromatic carbocycles. The maximum atomic E-state index is 2.27. The predicted octanol–water partition coefficient (Wildman–Crippen LogP) is -3.79. The van der Waals surface area contributed by atoms with E-state index in [4.69, 9.17) is 0 Å². The number of nitrogens with zero attached hydrogens (tertiary/aromatic N) is 2. The Balaban J connectivity index is -0.0000000904. The highest BCUT2D eigenvalue weighted by molar-refractivity contribution is 4.31. The second-order valence-electron chi connectivity index (χ2n) is 5.29. The highest BCUT2D eigenvalue weighted by Gasteiger charge is 2.16. The summed E-state index contributed by atoms with van der Waals surface area (Å²) in [6.45, 7) is 14.2. The molecule has 0 radical (unpaired) electrons. The zero-order valence-electron chi connectivity index (χ0n) is 12.5. The second kappa shape index (κ2) is 12.0. The minimum atomic E-state index is 0. The first-order valence-corrected chi connectivity index (χ1v) is 5.88. The van der Waals surface area contributed by atoms with Crippen LogP contribution in [0.15, 0.2) is 0 Å². The lowest BCUT2D eigenvalue weighted by atomic mass is 10.3. The Morgan fingerprint density at radius 2 is 0.688 bits per heavy atom. The normalized spacial score (nSPS) is 10.5. The minimum Gasteiger partial charge on any atom is -1.00 e. The van der Waals surface area contributed by atoms with Crippen LogP contribution >= 0.6 is 0 Å². The summed E-state index contributed by atoms with van der Waals surface area (Å²) in [4.78, 5) is 0. The van der Waals surface area contributed by atoms with Gasteiger partial charge in [-0.2, -0.15) is 0 Å². The number of hydrogen-bond acceptors (Lipinski definition) is 0. The molecule has 0 aromatic rings. The van der Waals surface area contributed by atoms with Gasteiger partial charge < -0.3 is 33.8 Å². The zero-order chi connectivity index (χ0) is 11.8. The van der Waals surface area contributed by atoms with Crippen LogP contribution in [0.4, 0.5) is 0 Å². The van der Waals surface area contributed by atoms with Crippen molar-refractivity contribution in [2.24, 2.45) is 0 Å². The molecular formula is C12H32Cl2N2. The smallest absolute Gasteiger partial charge is 0.0757 e. The third-order valence-corrected chi connectivity index (χ3v) is 2.68. The fraction of sp³-hybridized carbons (Fsp3) is 1.00. The zero-order valence-corrected chi connectivity index (χ0v) is 14.0. The van der Waals surface area contributed by atoms with Gasteiger partial charge in [0, 0.05) is 0 Å². The van der Waals surface area contributed by atoms with Crippen LogP contribution < -0.4 is 24.8 Å². The Morgan fingerprint density at radius 3 is 0.688 bits per heavy atom. The van der Waals surface area contributed by atoms with Crippen molar-refractivity contribution in [3.63, 3.8) is 0 Å². The van der Waals surface area contributed by atoms with E-state index in [1.807, 2.05) is 0 Å². The first-order valence-electron chi connectivity index (χ1n) is 5.88. The summed E-state index contributed by atoms with van der Waals surface area (Å²) >= 11 is 0. The summed E-state index contributed by atoms with van der Waals surface area (Å²) in [5, 5.41) is 0. The van der Waals surface area contributed by atoms with Crippen molar-refractivity contribution in [2.75, 3.05) is 54.4 Å². The van der Waals surface area contributed by atoms with Crippen molar-refractivity contribution in [1.82, 2.24) is 0 Å². The molecule has 0 N–H and O–H groups in total. The number of rotatable bonds is 4. The van der Waals surface area contributed by atoms with Gasteiger partial charge in [-0.25, -0.2) is 0 Å². The molecule has 0 aromatic heterocycles. The Kier molecular flexibility index (Phi) is 19.0. The largest absolute Gasteiger partial charge is 1.00 e. The first kappa shape index (κ1) is 25.4. The SMILES string of the molecule is CC[N+](CC)(CC)CC.C[N+](C)(C)C.[Cl-].[Cl-]. The third kappa shape index (κ3) is 16.9. The van der Waals surface area contributed by atoms with Crippen molar-refractivity contribution in [3.05, 3.63) is 0 Å². The molecule has 0 atom stereocenters. The van der Waals surface area contributed by atoms with Gasteiger partial charge in [-0.15, -0.1) is 0 Å². The molecule has 0 aliphatic carbocycles. The molecule has 0 aliphatic rings. The summed E-state index contributed by atoms with van der Waals surface area (Å²) in [7, 11) is 8.50. The highest BCUT2D eigenvalue weighted by atomic mass is 35.5. The fourth-order valence-corrected chi connectivity index (χ4v) is 1.34. The molecule has 0 bridgehead atoms. The maximum Gasteiger partial charge on any atom is 0.0757 e. The molecule has 0 amide bonds. The van der Waals surface area contributed by atoms with Crippen LogP contribution in [0.3, 0.4) is 0 Å². The van der Waals surface area contributed by atoms with Crippen LogP contribution in [-0.2, 0) is 0 Å². The Bertz CT molecular complexity index is 106. The lowest BCUT2D eigenvalue weighted by molar-refractivity contribution is -0.921. The molecule has 0 rings (SSSR count). The highest BCUT2D eigenvalue weighted by Crippen LogP contribution is 2.03. The van der Waals surface area contributed by atoms with Gasteiger partial charge in [-0.1, -0.05) is 0 Å². The van der Waals surface area contributed by atoms with E-state index in [1.54, 1.807) is 0 Å². The van der Waals surface area contributed by atoms with Crippen LogP contribution in [0.5, 0.6) is 0 Å². The van der Waals surface area contributed by atoms with Crippen molar-refractivity contribution in [2.45, 2.75) is 27.7 Å². The second-order valence-corrected chi connectivity index (χ2v) is 5.29. The average molecular weight is 275 g/mol. The summed E-state index contributed by atoms with van der Waals surface area (Å²) in [6, 6.07) is 0. The van der Waals surface area contributed by atoms with E-state index >= 15 is 0 Å². The Morgan fingerprint density at radius 1 is 0.562 bits per heavy atom. The fourth-order valence-electron chi connectivity index (χ4n) is 1.34. The van der Waals surface area contributed by atoms with E-state index in [0.717, 1.165) is 4.48 Å². The Hall–Kier alpha value is 0.500. The average Bonchev–Trinajstić information content (AvgIpc) is 2.07. The summed E-state index contributed by atoms with van der Waals surface area (Å²) in [5.74, 6) is 0. The van der Waals surface area contributed by atoms with E-state index in [9.17, 15) is 0 Å². The summed E-state index contributed by atoms with van der Waals surface area (Å²) < 4.78 is 2.28. The van der Waals surface area contributed by atoms with Gasteiger partial charge >= 0.3 is 0 Å². The minimum absolute atomic E-state index is 0. The Labute approximate surface area is 116 Å². The van der Waals surface area contributed by atoms with E-state index in [0.29, 0.717) is 0 Å². The van der Waals surface area contributed by atoms with E-state index < -0.39 is 0 Å². The molecule has 0 aliphatic heterocycles. The molecule has 0 saturated heterocycles.